The quantitative estimate of drug-likeness (QED) is 0.871. The lowest BCUT2D eigenvalue weighted by atomic mass is 9.81. The summed E-state index contributed by atoms with van der Waals surface area (Å²) in [4.78, 5) is 14.4. The van der Waals surface area contributed by atoms with Gasteiger partial charge in [-0.1, -0.05) is 30.3 Å². The molecule has 2 fully saturated rings. The summed E-state index contributed by atoms with van der Waals surface area (Å²) in [5.74, 6) is 1.62. The van der Waals surface area contributed by atoms with Gasteiger partial charge in [0.1, 0.15) is 0 Å². The molecule has 2 aliphatic carbocycles. The molecule has 3 rings (SSSR count). The number of rotatable bonds is 6. The standard InChI is InChI=1S/C20H30N2O/c1-15(16-8-9-16)21-20(23)14-22(2)19-12-10-18(11-13-19)17-6-4-3-5-7-17/h3-7,15-16,18-19H,8-14H2,1-2H3,(H,21,23). The van der Waals surface area contributed by atoms with E-state index in [4.69, 9.17) is 0 Å². The average molecular weight is 314 g/mol. The third-order valence-electron chi connectivity index (χ3n) is 5.70. The van der Waals surface area contributed by atoms with E-state index in [0.717, 1.165) is 5.92 Å². The van der Waals surface area contributed by atoms with Crippen molar-refractivity contribution in [2.24, 2.45) is 5.92 Å². The Morgan fingerprint density at radius 1 is 1.13 bits per heavy atom. The van der Waals surface area contributed by atoms with Gasteiger partial charge in [-0.05, 0) is 69.9 Å². The van der Waals surface area contributed by atoms with Crippen LogP contribution in [0.25, 0.3) is 0 Å². The second-order valence-corrected chi connectivity index (χ2v) is 7.52. The third kappa shape index (κ3) is 4.57. The van der Waals surface area contributed by atoms with Crippen molar-refractivity contribution in [3.05, 3.63) is 35.9 Å². The maximum absolute atomic E-state index is 12.2. The Labute approximate surface area is 140 Å². The lowest BCUT2D eigenvalue weighted by Gasteiger charge is -2.34. The zero-order valence-corrected chi connectivity index (χ0v) is 14.5. The first-order valence-electron chi connectivity index (χ1n) is 9.18. The second kappa shape index (κ2) is 7.48. The summed E-state index contributed by atoms with van der Waals surface area (Å²) in [6, 6.07) is 11.8. The number of nitrogens with one attached hydrogen (secondary N) is 1. The minimum atomic E-state index is 0.192. The number of amides is 1. The van der Waals surface area contributed by atoms with Crippen LogP contribution in [0.1, 0.15) is 56.9 Å². The largest absolute Gasteiger partial charge is 0.352 e. The fourth-order valence-electron chi connectivity index (χ4n) is 3.94. The number of hydrogen-bond acceptors (Lipinski definition) is 2. The van der Waals surface area contributed by atoms with Crippen LogP contribution < -0.4 is 5.32 Å². The molecule has 2 aliphatic rings. The topological polar surface area (TPSA) is 32.3 Å². The summed E-state index contributed by atoms with van der Waals surface area (Å²) in [6.45, 7) is 2.68. The normalized spacial score (nSPS) is 26.0. The minimum Gasteiger partial charge on any atom is -0.352 e. The summed E-state index contributed by atoms with van der Waals surface area (Å²) in [6.07, 6.45) is 7.42. The fourth-order valence-corrected chi connectivity index (χ4v) is 3.94. The van der Waals surface area contributed by atoms with E-state index in [1.165, 1.54) is 44.1 Å². The maximum Gasteiger partial charge on any atom is 0.234 e. The van der Waals surface area contributed by atoms with Crippen LogP contribution in [-0.4, -0.2) is 36.5 Å². The molecule has 0 radical (unpaired) electrons. The van der Waals surface area contributed by atoms with Crippen LogP contribution in [0.2, 0.25) is 0 Å². The van der Waals surface area contributed by atoms with E-state index in [1.54, 1.807) is 0 Å². The molecule has 1 unspecified atom stereocenters. The van der Waals surface area contributed by atoms with E-state index in [-0.39, 0.29) is 5.91 Å². The molecule has 2 saturated carbocycles. The molecule has 0 spiro atoms. The Morgan fingerprint density at radius 3 is 2.39 bits per heavy atom. The molecule has 126 valence electrons. The highest BCUT2D eigenvalue weighted by Crippen LogP contribution is 2.34. The van der Waals surface area contributed by atoms with E-state index in [1.807, 2.05) is 0 Å². The lowest BCUT2D eigenvalue weighted by molar-refractivity contribution is -0.123. The Morgan fingerprint density at radius 2 is 1.78 bits per heavy atom. The van der Waals surface area contributed by atoms with Gasteiger partial charge in [0, 0.05) is 12.1 Å². The van der Waals surface area contributed by atoms with E-state index in [0.29, 0.717) is 24.5 Å². The predicted molar refractivity (Wildman–Crippen MR) is 94.4 cm³/mol. The van der Waals surface area contributed by atoms with E-state index in [9.17, 15) is 4.79 Å². The zero-order chi connectivity index (χ0) is 16.2. The molecule has 0 heterocycles. The van der Waals surface area contributed by atoms with Crippen LogP contribution in [0.4, 0.5) is 0 Å². The first-order chi connectivity index (χ1) is 11.1. The fraction of sp³-hybridized carbons (Fsp3) is 0.650. The van der Waals surface area contributed by atoms with Gasteiger partial charge in [-0.2, -0.15) is 0 Å². The molecule has 1 aromatic carbocycles. The van der Waals surface area contributed by atoms with E-state index >= 15 is 0 Å². The van der Waals surface area contributed by atoms with Gasteiger partial charge >= 0.3 is 0 Å². The van der Waals surface area contributed by atoms with Gasteiger partial charge in [-0.15, -0.1) is 0 Å². The molecule has 0 bridgehead atoms. The van der Waals surface area contributed by atoms with Crippen molar-refractivity contribution in [3.63, 3.8) is 0 Å². The smallest absolute Gasteiger partial charge is 0.234 e. The Balaban J connectivity index is 1.42. The van der Waals surface area contributed by atoms with Crippen LogP contribution in [0.15, 0.2) is 30.3 Å². The van der Waals surface area contributed by atoms with Crippen LogP contribution in [0.3, 0.4) is 0 Å². The monoisotopic (exact) mass is 314 g/mol. The lowest BCUT2D eigenvalue weighted by Crippen LogP contribution is -2.44. The SMILES string of the molecule is CC(NC(=O)CN(C)C1CCC(c2ccccc2)CC1)C1CC1. The molecule has 0 aromatic heterocycles. The number of carbonyl (C=O) groups is 1. The summed E-state index contributed by atoms with van der Waals surface area (Å²) < 4.78 is 0. The van der Waals surface area contributed by atoms with Crippen molar-refractivity contribution in [2.45, 2.75) is 63.5 Å². The molecular weight excluding hydrogens is 284 g/mol. The van der Waals surface area contributed by atoms with Crippen molar-refractivity contribution in [1.29, 1.82) is 0 Å². The van der Waals surface area contributed by atoms with Gasteiger partial charge in [-0.3, -0.25) is 9.69 Å². The molecule has 23 heavy (non-hydrogen) atoms. The van der Waals surface area contributed by atoms with Gasteiger partial charge in [0.15, 0.2) is 0 Å². The highest BCUT2D eigenvalue weighted by Gasteiger charge is 2.30. The van der Waals surface area contributed by atoms with Gasteiger partial charge < -0.3 is 5.32 Å². The molecule has 1 amide bonds. The highest BCUT2D eigenvalue weighted by atomic mass is 16.2. The molecule has 3 nitrogen and oxygen atoms in total. The first kappa shape index (κ1) is 16.5. The average Bonchev–Trinajstić information content (AvgIpc) is 3.40. The van der Waals surface area contributed by atoms with E-state index < -0.39 is 0 Å². The summed E-state index contributed by atoms with van der Waals surface area (Å²) in [5, 5.41) is 3.17. The number of carbonyl (C=O) groups excluding carboxylic acids is 1. The Kier molecular flexibility index (Phi) is 5.37. The zero-order valence-electron chi connectivity index (χ0n) is 14.5. The van der Waals surface area contributed by atoms with Gasteiger partial charge in [0.25, 0.3) is 0 Å². The van der Waals surface area contributed by atoms with E-state index in [2.05, 4.69) is 54.5 Å². The Bertz CT molecular complexity index is 504. The van der Waals surface area contributed by atoms with Crippen molar-refractivity contribution in [3.8, 4) is 0 Å². The summed E-state index contributed by atoms with van der Waals surface area (Å²) >= 11 is 0. The highest BCUT2D eigenvalue weighted by molar-refractivity contribution is 5.78. The number of likely N-dealkylation sites (N-methyl/N-ethyl adjacent to an activating group) is 1. The number of nitrogens with zero attached hydrogens (tertiary/aromatic N) is 1. The third-order valence-corrected chi connectivity index (χ3v) is 5.70. The molecular formula is C20H30N2O. The van der Waals surface area contributed by atoms with Crippen LogP contribution in [0.5, 0.6) is 0 Å². The molecule has 0 aliphatic heterocycles. The molecule has 1 N–H and O–H groups in total. The molecule has 1 atom stereocenters. The van der Waals surface area contributed by atoms with Crippen LogP contribution in [0, 0.1) is 5.92 Å². The number of benzene rings is 1. The van der Waals surface area contributed by atoms with Gasteiger partial charge in [0.2, 0.25) is 5.91 Å². The van der Waals surface area contributed by atoms with Gasteiger partial charge in [0.05, 0.1) is 6.54 Å². The summed E-state index contributed by atoms with van der Waals surface area (Å²) in [5.41, 5.74) is 1.48. The predicted octanol–water partition coefficient (Wildman–Crippen LogP) is 3.56. The molecule has 3 heteroatoms. The first-order valence-corrected chi connectivity index (χ1v) is 9.18. The second-order valence-electron chi connectivity index (χ2n) is 7.52. The molecule has 0 saturated heterocycles. The minimum absolute atomic E-state index is 0.192. The van der Waals surface area contributed by atoms with Crippen LogP contribution >= 0.6 is 0 Å². The van der Waals surface area contributed by atoms with Crippen molar-refractivity contribution < 1.29 is 4.79 Å². The maximum atomic E-state index is 12.2. The van der Waals surface area contributed by atoms with Crippen molar-refractivity contribution in [1.82, 2.24) is 10.2 Å². The molecule has 1 aromatic rings. The van der Waals surface area contributed by atoms with Gasteiger partial charge in [-0.25, -0.2) is 0 Å². The van der Waals surface area contributed by atoms with Crippen LogP contribution in [-0.2, 0) is 4.79 Å². The Hall–Kier alpha value is -1.35. The van der Waals surface area contributed by atoms with Crippen molar-refractivity contribution >= 4 is 5.91 Å². The summed E-state index contributed by atoms with van der Waals surface area (Å²) in [7, 11) is 2.11. The number of hydrogen-bond donors (Lipinski definition) is 1. The van der Waals surface area contributed by atoms with Crippen molar-refractivity contribution in [2.75, 3.05) is 13.6 Å².